The Hall–Kier alpha value is -1.68. The Balaban J connectivity index is 1.67. The van der Waals surface area contributed by atoms with Gasteiger partial charge in [-0.3, -0.25) is 5.01 Å². The highest BCUT2D eigenvalue weighted by Gasteiger charge is 2.46. The van der Waals surface area contributed by atoms with Crippen LogP contribution >= 0.6 is 0 Å². The number of aliphatic hydroxyl groups excluding tert-OH is 4. The van der Waals surface area contributed by atoms with Crippen LogP contribution in [0.5, 0.6) is 0 Å². The SMILES string of the molecule is CCc1ccc(CC2=CN(C3OC(CO)[C@@H](O)C(O)[C@H]3O)NN2)cc1. The van der Waals surface area contributed by atoms with Crippen LogP contribution in [-0.4, -0.2) is 62.7 Å². The van der Waals surface area contributed by atoms with E-state index in [2.05, 4.69) is 42.1 Å². The maximum Gasteiger partial charge on any atom is 0.174 e. The van der Waals surface area contributed by atoms with Crippen molar-refractivity contribution in [1.29, 1.82) is 0 Å². The third-order valence-corrected chi connectivity index (χ3v) is 4.61. The molecule has 1 aromatic rings. The molecule has 3 rings (SSSR count). The molecule has 2 aliphatic heterocycles. The predicted octanol–water partition coefficient (Wildman–Crippen LogP) is -1.24. The zero-order valence-electron chi connectivity index (χ0n) is 14.0. The van der Waals surface area contributed by atoms with Crippen LogP contribution in [0.3, 0.4) is 0 Å². The topological polar surface area (TPSA) is 117 Å². The quantitative estimate of drug-likeness (QED) is 0.390. The maximum absolute atomic E-state index is 10.2. The Morgan fingerprint density at radius 2 is 1.72 bits per heavy atom. The average Bonchev–Trinajstić information content (AvgIpc) is 3.09. The van der Waals surface area contributed by atoms with Gasteiger partial charge in [-0.05, 0) is 17.5 Å². The van der Waals surface area contributed by atoms with E-state index in [4.69, 9.17) is 4.74 Å². The van der Waals surface area contributed by atoms with Gasteiger partial charge in [-0.1, -0.05) is 31.2 Å². The molecule has 0 bridgehead atoms. The second-order valence-corrected chi connectivity index (χ2v) is 6.36. The number of nitrogens with zero attached hydrogens (tertiary/aromatic N) is 1. The summed E-state index contributed by atoms with van der Waals surface area (Å²) in [5, 5.41) is 40.6. The number of hydrogen-bond acceptors (Lipinski definition) is 8. The summed E-state index contributed by atoms with van der Waals surface area (Å²) in [6, 6.07) is 8.32. The second-order valence-electron chi connectivity index (χ2n) is 6.36. The van der Waals surface area contributed by atoms with E-state index in [1.807, 2.05) is 0 Å². The van der Waals surface area contributed by atoms with Crippen molar-refractivity contribution in [2.24, 2.45) is 0 Å². The smallest absolute Gasteiger partial charge is 0.174 e. The molecule has 2 aliphatic rings. The molecule has 8 nitrogen and oxygen atoms in total. The summed E-state index contributed by atoms with van der Waals surface area (Å²) >= 11 is 0. The molecule has 25 heavy (non-hydrogen) atoms. The lowest BCUT2D eigenvalue weighted by Gasteiger charge is -2.42. The molecule has 3 unspecified atom stereocenters. The van der Waals surface area contributed by atoms with Crippen molar-refractivity contribution in [3.8, 4) is 0 Å². The summed E-state index contributed by atoms with van der Waals surface area (Å²) in [5.41, 5.74) is 9.13. The lowest BCUT2D eigenvalue weighted by atomic mass is 9.98. The molecule has 5 atom stereocenters. The summed E-state index contributed by atoms with van der Waals surface area (Å²) in [5.74, 6) is 0. The van der Waals surface area contributed by atoms with E-state index in [1.165, 1.54) is 10.6 Å². The minimum absolute atomic E-state index is 0.455. The van der Waals surface area contributed by atoms with Gasteiger partial charge in [-0.2, -0.15) is 0 Å². The number of allylic oxidation sites excluding steroid dienone is 1. The van der Waals surface area contributed by atoms with Crippen LogP contribution in [0.25, 0.3) is 0 Å². The van der Waals surface area contributed by atoms with Gasteiger partial charge in [0, 0.05) is 18.3 Å². The zero-order chi connectivity index (χ0) is 18.0. The van der Waals surface area contributed by atoms with E-state index in [0.29, 0.717) is 6.42 Å². The minimum atomic E-state index is -1.41. The predicted molar refractivity (Wildman–Crippen MR) is 89.5 cm³/mol. The lowest BCUT2D eigenvalue weighted by Crippen LogP contribution is -2.64. The van der Waals surface area contributed by atoms with Gasteiger partial charge in [0.25, 0.3) is 0 Å². The standard InChI is InChI=1S/C17H25N3O5/c1-2-10-3-5-11(6-4-10)7-12-8-20(19-18-12)17-16(24)15(23)14(22)13(9-21)25-17/h3-6,8,13-19,21-24H,2,7,9H2,1H3/t13?,14-,15?,16-,17?/m1/s1. The van der Waals surface area contributed by atoms with E-state index in [1.54, 1.807) is 6.20 Å². The summed E-state index contributed by atoms with van der Waals surface area (Å²) in [6.45, 7) is 1.65. The number of aliphatic hydroxyl groups is 4. The van der Waals surface area contributed by atoms with Crippen LogP contribution in [0.4, 0.5) is 0 Å². The fourth-order valence-corrected chi connectivity index (χ4v) is 3.02. The van der Waals surface area contributed by atoms with Crippen molar-refractivity contribution in [2.75, 3.05) is 6.61 Å². The van der Waals surface area contributed by atoms with E-state index in [0.717, 1.165) is 17.7 Å². The first-order chi connectivity index (χ1) is 12.0. The normalized spacial score (nSPS) is 32.4. The summed E-state index contributed by atoms with van der Waals surface area (Å²) < 4.78 is 5.51. The maximum atomic E-state index is 10.2. The van der Waals surface area contributed by atoms with Crippen LogP contribution in [-0.2, 0) is 17.6 Å². The molecule has 0 amide bonds. The van der Waals surface area contributed by atoms with E-state index in [-0.39, 0.29) is 0 Å². The number of aryl methyl sites for hydroxylation is 1. The Morgan fingerprint density at radius 1 is 1.04 bits per heavy atom. The van der Waals surface area contributed by atoms with Crippen molar-refractivity contribution in [3.05, 3.63) is 47.3 Å². The molecule has 1 aromatic carbocycles. The number of hydrogen-bond donors (Lipinski definition) is 6. The van der Waals surface area contributed by atoms with Crippen molar-refractivity contribution in [3.63, 3.8) is 0 Å². The van der Waals surface area contributed by atoms with Gasteiger partial charge in [0.1, 0.15) is 24.4 Å². The monoisotopic (exact) mass is 351 g/mol. The Morgan fingerprint density at radius 3 is 2.36 bits per heavy atom. The van der Waals surface area contributed by atoms with Crippen LogP contribution in [0.15, 0.2) is 36.2 Å². The van der Waals surface area contributed by atoms with E-state index >= 15 is 0 Å². The van der Waals surface area contributed by atoms with Gasteiger partial charge in [0.05, 0.1) is 6.61 Å². The number of rotatable bonds is 5. The summed E-state index contributed by atoms with van der Waals surface area (Å²) in [4.78, 5) is 0. The number of hydrazine groups is 2. The van der Waals surface area contributed by atoms with Crippen molar-refractivity contribution >= 4 is 0 Å². The lowest BCUT2D eigenvalue weighted by molar-refractivity contribution is -0.264. The van der Waals surface area contributed by atoms with E-state index in [9.17, 15) is 20.4 Å². The molecule has 6 N–H and O–H groups in total. The molecule has 1 fully saturated rings. The van der Waals surface area contributed by atoms with Crippen molar-refractivity contribution in [2.45, 2.75) is 50.4 Å². The van der Waals surface area contributed by atoms with Gasteiger partial charge >= 0.3 is 0 Å². The molecule has 2 heterocycles. The largest absolute Gasteiger partial charge is 0.394 e. The number of benzene rings is 1. The fourth-order valence-electron chi connectivity index (χ4n) is 3.02. The Labute approximate surface area is 146 Å². The molecule has 0 spiro atoms. The minimum Gasteiger partial charge on any atom is -0.394 e. The van der Waals surface area contributed by atoms with Crippen molar-refractivity contribution in [1.82, 2.24) is 16.0 Å². The second kappa shape index (κ2) is 7.69. The van der Waals surface area contributed by atoms with Crippen LogP contribution in [0.1, 0.15) is 18.1 Å². The molecule has 1 saturated heterocycles. The summed E-state index contributed by atoms with van der Waals surface area (Å²) in [6.07, 6.45) is -2.60. The number of nitrogens with one attached hydrogen (secondary N) is 2. The molecular formula is C17H25N3O5. The summed E-state index contributed by atoms with van der Waals surface area (Å²) in [7, 11) is 0. The fraction of sp³-hybridized carbons (Fsp3) is 0.529. The zero-order valence-corrected chi connectivity index (χ0v) is 14.0. The Bertz CT molecular complexity index is 607. The molecule has 0 radical (unpaired) electrons. The highest BCUT2D eigenvalue weighted by Crippen LogP contribution is 2.24. The highest BCUT2D eigenvalue weighted by molar-refractivity contribution is 5.26. The first-order valence-electron chi connectivity index (χ1n) is 8.42. The molecule has 8 heteroatoms. The third kappa shape index (κ3) is 3.79. The Kier molecular flexibility index (Phi) is 5.57. The van der Waals surface area contributed by atoms with Gasteiger partial charge in [0.15, 0.2) is 6.23 Å². The van der Waals surface area contributed by atoms with Crippen LogP contribution in [0, 0.1) is 0 Å². The molecule has 0 aliphatic carbocycles. The van der Waals surface area contributed by atoms with Crippen molar-refractivity contribution < 1.29 is 25.2 Å². The molecule has 138 valence electrons. The first kappa shape index (κ1) is 18.1. The molecular weight excluding hydrogens is 326 g/mol. The van der Waals surface area contributed by atoms with Crippen LogP contribution in [0.2, 0.25) is 0 Å². The van der Waals surface area contributed by atoms with Crippen LogP contribution < -0.4 is 11.0 Å². The first-order valence-corrected chi connectivity index (χ1v) is 8.42. The van der Waals surface area contributed by atoms with Gasteiger partial charge < -0.3 is 30.6 Å². The average molecular weight is 351 g/mol. The van der Waals surface area contributed by atoms with Gasteiger partial charge in [0.2, 0.25) is 0 Å². The molecule has 0 aromatic heterocycles. The number of ether oxygens (including phenoxy) is 1. The highest BCUT2D eigenvalue weighted by atomic mass is 16.6. The van der Waals surface area contributed by atoms with Gasteiger partial charge in [-0.25, -0.2) is 0 Å². The van der Waals surface area contributed by atoms with Gasteiger partial charge in [-0.15, -0.1) is 5.53 Å². The van der Waals surface area contributed by atoms with E-state index < -0.39 is 37.3 Å². The third-order valence-electron chi connectivity index (χ3n) is 4.61. The molecule has 0 saturated carbocycles.